The molecule has 0 fully saturated rings. The van der Waals surface area contributed by atoms with Crippen molar-refractivity contribution in [3.05, 3.63) is 42.2 Å². The van der Waals surface area contributed by atoms with E-state index in [2.05, 4.69) is 32.2 Å². The van der Waals surface area contributed by atoms with Crippen LogP contribution in [0.4, 0.5) is 0 Å². The van der Waals surface area contributed by atoms with Gasteiger partial charge in [-0.2, -0.15) is 15.0 Å². The van der Waals surface area contributed by atoms with Gasteiger partial charge < -0.3 is 0 Å². The van der Waals surface area contributed by atoms with Gasteiger partial charge in [0.25, 0.3) is 0 Å². The monoisotopic (exact) mass is 251 g/mol. The van der Waals surface area contributed by atoms with Crippen LogP contribution in [0.5, 0.6) is 0 Å². The van der Waals surface area contributed by atoms with Crippen molar-refractivity contribution >= 4 is 15.9 Å². The Morgan fingerprint density at radius 2 is 1.86 bits per heavy atom. The molecule has 14 heavy (non-hydrogen) atoms. The average molecular weight is 252 g/mol. The average Bonchev–Trinajstić information content (AvgIpc) is 2.72. The van der Waals surface area contributed by atoms with E-state index in [-0.39, 0.29) is 0 Å². The lowest BCUT2D eigenvalue weighted by molar-refractivity contribution is 0.743. The van der Waals surface area contributed by atoms with Crippen molar-refractivity contribution in [2.24, 2.45) is 0 Å². The number of benzene rings is 1. The van der Waals surface area contributed by atoms with Gasteiger partial charge in [0, 0.05) is 5.33 Å². The first kappa shape index (κ1) is 9.40. The summed E-state index contributed by atoms with van der Waals surface area (Å²) in [4.78, 5) is 1.65. The van der Waals surface area contributed by atoms with Crippen LogP contribution in [-0.4, -0.2) is 20.3 Å². The highest BCUT2D eigenvalue weighted by Gasteiger charge is 2.03. The number of rotatable bonds is 3. The Morgan fingerprint density at radius 1 is 1.14 bits per heavy atom. The SMILES string of the molecule is BrCCc1ccccc1-n1nccn1. The Balaban J connectivity index is 2.42. The summed E-state index contributed by atoms with van der Waals surface area (Å²) in [5.74, 6) is 0. The van der Waals surface area contributed by atoms with Crippen LogP contribution in [0.15, 0.2) is 36.7 Å². The third-order valence-corrected chi connectivity index (χ3v) is 2.39. The second-order valence-corrected chi connectivity index (χ2v) is 3.68. The minimum absolute atomic E-state index is 0.950. The highest BCUT2D eigenvalue weighted by molar-refractivity contribution is 9.09. The van der Waals surface area contributed by atoms with Crippen LogP contribution in [0.25, 0.3) is 5.69 Å². The van der Waals surface area contributed by atoms with Gasteiger partial charge in [-0.05, 0) is 18.1 Å². The molecule has 0 radical (unpaired) electrons. The van der Waals surface area contributed by atoms with Crippen molar-refractivity contribution in [1.82, 2.24) is 15.0 Å². The Bertz CT molecular complexity index is 398. The van der Waals surface area contributed by atoms with E-state index in [1.54, 1.807) is 17.2 Å². The van der Waals surface area contributed by atoms with E-state index in [0.29, 0.717) is 0 Å². The Kier molecular flexibility index (Phi) is 2.93. The molecule has 0 saturated carbocycles. The van der Waals surface area contributed by atoms with Gasteiger partial charge in [0.05, 0.1) is 18.1 Å². The van der Waals surface area contributed by atoms with Crippen LogP contribution in [0.2, 0.25) is 0 Å². The quantitative estimate of drug-likeness (QED) is 0.784. The summed E-state index contributed by atoms with van der Waals surface area (Å²) in [6.45, 7) is 0. The molecule has 4 heteroatoms. The van der Waals surface area contributed by atoms with Gasteiger partial charge in [-0.15, -0.1) is 0 Å². The molecule has 0 aliphatic rings. The second-order valence-electron chi connectivity index (χ2n) is 2.89. The Labute approximate surface area is 90.9 Å². The highest BCUT2D eigenvalue weighted by atomic mass is 79.9. The van der Waals surface area contributed by atoms with Crippen molar-refractivity contribution < 1.29 is 0 Å². The zero-order chi connectivity index (χ0) is 9.80. The molecule has 0 aliphatic heterocycles. The molecule has 1 aromatic heterocycles. The molecule has 2 aromatic rings. The second kappa shape index (κ2) is 4.37. The van der Waals surface area contributed by atoms with Crippen molar-refractivity contribution in [2.45, 2.75) is 6.42 Å². The minimum atomic E-state index is 0.950. The lowest BCUT2D eigenvalue weighted by Crippen LogP contribution is -2.03. The number of nitrogens with zero attached hydrogens (tertiary/aromatic N) is 3. The molecule has 0 saturated heterocycles. The summed E-state index contributed by atoms with van der Waals surface area (Å²) in [5, 5.41) is 9.19. The first-order chi connectivity index (χ1) is 6.92. The third-order valence-electron chi connectivity index (χ3n) is 1.99. The van der Waals surface area contributed by atoms with E-state index in [0.717, 1.165) is 17.4 Å². The van der Waals surface area contributed by atoms with Gasteiger partial charge in [0.15, 0.2) is 0 Å². The predicted molar refractivity (Wildman–Crippen MR) is 58.9 cm³/mol. The van der Waals surface area contributed by atoms with Gasteiger partial charge in [-0.3, -0.25) is 0 Å². The van der Waals surface area contributed by atoms with Gasteiger partial charge in [-0.25, -0.2) is 0 Å². The van der Waals surface area contributed by atoms with Crippen LogP contribution < -0.4 is 0 Å². The van der Waals surface area contributed by atoms with Crippen molar-refractivity contribution in [3.63, 3.8) is 0 Å². The number of aromatic nitrogens is 3. The van der Waals surface area contributed by atoms with Crippen molar-refractivity contribution in [1.29, 1.82) is 0 Å². The molecular weight excluding hydrogens is 242 g/mol. The molecule has 0 aliphatic carbocycles. The molecule has 72 valence electrons. The lowest BCUT2D eigenvalue weighted by Gasteiger charge is -2.05. The highest BCUT2D eigenvalue weighted by Crippen LogP contribution is 2.13. The first-order valence-corrected chi connectivity index (χ1v) is 5.54. The number of hydrogen-bond donors (Lipinski definition) is 0. The van der Waals surface area contributed by atoms with Crippen LogP contribution in [0.3, 0.4) is 0 Å². The van der Waals surface area contributed by atoms with E-state index < -0.39 is 0 Å². The molecule has 0 atom stereocenters. The summed E-state index contributed by atoms with van der Waals surface area (Å²) in [6.07, 6.45) is 4.35. The molecule has 0 amide bonds. The summed E-state index contributed by atoms with van der Waals surface area (Å²) in [5.41, 5.74) is 2.30. The maximum Gasteiger partial charge on any atom is 0.0888 e. The topological polar surface area (TPSA) is 30.7 Å². The summed E-state index contributed by atoms with van der Waals surface area (Å²) in [6, 6.07) is 8.15. The minimum Gasteiger partial charge on any atom is -0.157 e. The molecule has 0 bridgehead atoms. The van der Waals surface area contributed by atoms with Gasteiger partial charge in [0.1, 0.15) is 0 Å². The lowest BCUT2D eigenvalue weighted by atomic mass is 10.1. The van der Waals surface area contributed by atoms with Gasteiger partial charge in [-0.1, -0.05) is 34.1 Å². The number of para-hydroxylation sites is 1. The number of halogens is 1. The number of alkyl halides is 1. The fourth-order valence-corrected chi connectivity index (χ4v) is 1.79. The maximum atomic E-state index is 4.12. The standard InChI is InChI=1S/C10H10BrN3/c11-6-5-9-3-1-2-4-10(9)14-12-7-8-13-14/h1-4,7-8H,5-6H2. The molecule has 0 spiro atoms. The normalized spacial score (nSPS) is 10.4. The summed E-state index contributed by atoms with van der Waals surface area (Å²) in [7, 11) is 0. The molecule has 2 rings (SSSR count). The first-order valence-electron chi connectivity index (χ1n) is 4.42. The molecular formula is C10H10BrN3. The van der Waals surface area contributed by atoms with Gasteiger partial charge >= 0.3 is 0 Å². The van der Waals surface area contributed by atoms with Gasteiger partial charge in [0.2, 0.25) is 0 Å². The fraction of sp³-hybridized carbons (Fsp3) is 0.200. The number of hydrogen-bond acceptors (Lipinski definition) is 2. The van der Waals surface area contributed by atoms with E-state index in [9.17, 15) is 0 Å². The van der Waals surface area contributed by atoms with Crippen LogP contribution in [0.1, 0.15) is 5.56 Å². The smallest absolute Gasteiger partial charge is 0.0888 e. The Morgan fingerprint density at radius 3 is 2.57 bits per heavy atom. The van der Waals surface area contributed by atoms with Crippen LogP contribution in [0, 0.1) is 0 Å². The van der Waals surface area contributed by atoms with E-state index in [4.69, 9.17) is 0 Å². The molecule has 0 unspecified atom stereocenters. The Hall–Kier alpha value is -1.16. The van der Waals surface area contributed by atoms with E-state index in [1.165, 1.54) is 5.56 Å². The number of aryl methyl sites for hydroxylation is 1. The van der Waals surface area contributed by atoms with E-state index >= 15 is 0 Å². The van der Waals surface area contributed by atoms with Crippen LogP contribution >= 0.6 is 15.9 Å². The molecule has 0 N–H and O–H groups in total. The summed E-state index contributed by atoms with van der Waals surface area (Å²) >= 11 is 3.43. The van der Waals surface area contributed by atoms with Crippen molar-refractivity contribution in [3.8, 4) is 5.69 Å². The zero-order valence-electron chi connectivity index (χ0n) is 7.60. The van der Waals surface area contributed by atoms with E-state index in [1.807, 2.05) is 18.2 Å². The molecule has 1 aromatic carbocycles. The van der Waals surface area contributed by atoms with Crippen molar-refractivity contribution in [2.75, 3.05) is 5.33 Å². The predicted octanol–water partition coefficient (Wildman–Crippen LogP) is 2.20. The summed E-state index contributed by atoms with van der Waals surface area (Å²) < 4.78 is 0. The molecule has 3 nitrogen and oxygen atoms in total. The largest absolute Gasteiger partial charge is 0.157 e. The van der Waals surface area contributed by atoms with Crippen LogP contribution in [-0.2, 0) is 6.42 Å². The zero-order valence-corrected chi connectivity index (χ0v) is 9.18. The molecule has 1 heterocycles. The fourth-order valence-electron chi connectivity index (χ4n) is 1.36. The maximum absolute atomic E-state index is 4.12. The third kappa shape index (κ3) is 1.85.